The van der Waals surface area contributed by atoms with Gasteiger partial charge in [-0.25, -0.2) is 0 Å². The lowest BCUT2D eigenvalue weighted by Crippen LogP contribution is -2.22. The molecule has 0 radical (unpaired) electrons. The molecule has 0 unspecified atom stereocenters. The number of nitrogens with two attached hydrogens (primary N) is 1. The first-order chi connectivity index (χ1) is 15.6. The average molecular weight is 495 g/mol. The van der Waals surface area contributed by atoms with Gasteiger partial charge in [0.1, 0.15) is 18.2 Å². The summed E-state index contributed by atoms with van der Waals surface area (Å²) < 4.78 is 18.5. The molecular formula is C24H23BrN4O3. The van der Waals surface area contributed by atoms with E-state index >= 15 is 0 Å². The van der Waals surface area contributed by atoms with Crippen LogP contribution in [0.25, 0.3) is 0 Å². The second-order valence-corrected chi connectivity index (χ2v) is 8.31. The van der Waals surface area contributed by atoms with Crippen LogP contribution in [0.1, 0.15) is 41.6 Å². The first-order valence-electron chi connectivity index (χ1n) is 10.3. The maximum absolute atomic E-state index is 9.95. The molecular weight excluding hydrogens is 472 g/mol. The topological polar surface area (TPSA) is 106 Å². The number of nitriles is 1. The zero-order chi connectivity index (χ0) is 22.7. The minimum atomic E-state index is -0.487. The van der Waals surface area contributed by atoms with Crippen LogP contribution >= 0.6 is 15.9 Å². The number of hydrogen-bond donors (Lipinski definition) is 2. The van der Waals surface area contributed by atoms with Gasteiger partial charge in [-0.2, -0.15) is 5.26 Å². The summed E-state index contributed by atoms with van der Waals surface area (Å²) in [5.41, 5.74) is 9.92. The van der Waals surface area contributed by atoms with E-state index in [1.165, 1.54) is 0 Å². The molecule has 1 atom stereocenters. The zero-order valence-electron chi connectivity index (χ0n) is 17.8. The maximum atomic E-state index is 9.95. The summed E-state index contributed by atoms with van der Waals surface area (Å²) in [5, 5.41) is 17.3. The molecule has 0 bridgehead atoms. The Kier molecular flexibility index (Phi) is 6.37. The lowest BCUT2D eigenvalue weighted by Gasteiger charge is -2.26. The van der Waals surface area contributed by atoms with Crippen LogP contribution < -0.4 is 19.9 Å². The number of rotatable bonds is 7. The van der Waals surface area contributed by atoms with Crippen molar-refractivity contribution >= 4 is 15.9 Å². The summed E-state index contributed by atoms with van der Waals surface area (Å²) >= 11 is 3.45. The van der Waals surface area contributed by atoms with Crippen molar-refractivity contribution in [3.63, 3.8) is 0 Å². The number of aromatic amines is 1. The fourth-order valence-electron chi connectivity index (χ4n) is 3.87. The Balaban J connectivity index is 1.82. The van der Waals surface area contributed by atoms with Gasteiger partial charge in [-0.1, -0.05) is 53.5 Å². The van der Waals surface area contributed by atoms with E-state index in [0.717, 1.165) is 39.7 Å². The molecule has 1 aromatic heterocycles. The second-order valence-electron chi connectivity index (χ2n) is 7.39. The molecule has 0 spiro atoms. The minimum Gasteiger partial charge on any atom is -0.493 e. The molecule has 8 heteroatoms. The molecule has 4 rings (SSSR count). The Labute approximate surface area is 194 Å². The number of para-hydroxylation sites is 1. The van der Waals surface area contributed by atoms with Gasteiger partial charge < -0.3 is 19.9 Å². The van der Waals surface area contributed by atoms with Crippen LogP contribution in [0, 0.1) is 11.3 Å². The molecule has 3 N–H and O–H groups in total. The van der Waals surface area contributed by atoms with Crippen LogP contribution in [0.2, 0.25) is 0 Å². The van der Waals surface area contributed by atoms with Crippen LogP contribution in [0.15, 0.2) is 58.4 Å². The van der Waals surface area contributed by atoms with Crippen LogP contribution in [-0.2, 0) is 13.0 Å². The highest BCUT2D eigenvalue weighted by Crippen LogP contribution is 2.48. The smallest absolute Gasteiger partial charge is 0.244 e. The molecule has 0 saturated carbocycles. The minimum absolute atomic E-state index is 0.0428. The Hall–Kier alpha value is -3.44. The largest absolute Gasteiger partial charge is 0.493 e. The zero-order valence-corrected chi connectivity index (χ0v) is 19.4. The Morgan fingerprint density at radius 1 is 1.25 bits per heavy atom. The first-order valence-corrected chi connectivity index (χ1v) is 11.1. The number of hydrogen-bond acceptors (Lipinski definition) is 6. The van der Waals surface area contributed by atoms with Gasteiger partial charge in [0.2, 0.25) is 11.8 Å². The summed E-state index contributed by atoms with van der Waals surface area (Å²) in [5.74, 6) is 1.07. The molecule has 0 amide bonds. The standard InChI is InChI=1S/C24H23BrN4O3/c1-3-5-18-21-20(17(12-26)23(27)32-24(21)29-28-18)16-6-4-7-19(30-2)22(16)31-13-14-8-10-15(25)11-9-14/h4,6-11,20H,3,5,13,27H2,1-2H3,(H,28,29)/t20-/m0/s1. The molecule has 0 fully saturated rings. The monoisotopic (exact) mass is 494 g/mol. The number of aromatic nitrogens is 2. The third kappa shape index (κ3) is 4.04. The Morgan fingerprint density at radius 2 is 2.03 bits per heavy atom. The highest BCUT2D eigenvalue weighted by atomic mass is 79.9. The van der Waals surface area contributed by atoms with Gasteiger partial charge in [-0.15, -0.1) is 5.10 Å². The van der Waals surface area contributed by atoms with Gasteiger partial charge in [-0.3, -0.25) is 5.10 Å². The molecule has 3 aromatic rings. The predicted octanol–water partition coefficient (Wildman–Crippen LogP) is 4.93. The number of nitrogens with one attached hydrogen (secondary N) is 1. The van der Waals surface area contributed by atoms with Crippen molar-refractivity contribution in [3.8, 4) is 23.4 Å². The van der Waals surface area contributed by atoms with Crippen LogP contribution in [0.3, 0.4) is 0 Å². The summed E-state index contributed by atoms with van der Waals surface area (Å²) in [7, 11) is 1.59. The van der Waals surface area contributed by atoms with Gasteiger partial charge >= 0.3 is 0 Å². The number of allylic oxidation sites excluding steroid dienone is 1. The fourth-order valence-corrected chi connectivity index (χ4v) is 4.14. The highest BCUT2D eigenvalue weighted by molar-refractivity contribution is 9.10. The molecule has 0 saturated heterocycles. The maximum Gasteiger partial charge on any atom is 0.244 e. The Morgan fingerprint density at radius 3 is 2.72 bits per heavy atom. The number of benzene rings is 2. The van der Waals surface area contributed by atoms with Gasteiger partial charge in [0, 0.05) is 15.7 Å². The number of methoxy groups -OCH3 is 1. The lowest BCUT2D eigenvalue weighted by molar-refractivity contribution is 0.280. The first kappa shape index (κ1) is 21.8. The van der Waals surface area contributed by atoms with Crippen molar-refractivity contribution in [3.05, 3.63) is 80.8 Å². The molecule has 7 nitrogen and oxygen atoms in total. The van der Waals surface area contributed by atoms with Gasteiger partial charge in [-0.05, 0) is 30.2 Å². The fraction of sp³-hybridized carbons (Fsp3) is 0.250. The Bertz CT molecular complexity index is 1190. The van der Waals surface area contributed by atoms with E-state index in [1.807, 2.05) is 42.5 Å². The van der Waals surface area contributed by atoms with E-state index < -0.39 is 5.92 Å². The molecule has 2 heterocycles. The van der Waals surface area contributed by atoms with Gasteiger partial charge in [0.05, 0.1) is 18.6 Å². The molecule has 164 valence electrons. The summed E-state index contributed by atoms with van der Waals surface area (Å²) in [6.45, 7) is 2.42. The van der Waals surface area contributed by atoms with Crippen molar-refractivity contribution in [2.75, 3.05) is 7.11 Å². The van der Waals surface area contributed by atoms with Gasteiger partial charge in [0.15, 0.2) is 11.5 Å². The third-order valence-corrected chi connectivity index (χ3v) is 5.88. The molecule has 2 aromatic carbocycles. The van der Waals surface area contributed by atoms with Crippen LogP contribution in [0.4, 0.5) is 0 Å². The van der Waals surface area contributed by atoms with E-state index in [-0.39, 0.29) is 5.88 Å². The normalized spacial score (nSPS) is 15.0. The third-order valence-electron chi connectivity index (χ3n) is 5.35. The molecule has 1 aliphatic heterocycles. The number of nitrogens with zero attached hydrogens (tertiary/aromatic N) is 2. The quantitative estimate of drug-likeness (QED) is 0.482. The molecule has 0 aliphatic carbocycles. The van der Waals surface area contributed by atoms with Crippen molar-refractivity contribution in [1.29, 1.82) is 5.26 Å². The van der Waals surface area contributed by atoms with Crippen LogP contribution in [0.5, 0.6) is 17.4 Å². The predicted molar refractivity (Wildman–Crippen MR) is 123 cm³/mol. The number of halogens is 1. The van der Waals surface area contributed by atoms with E-state index in [4.69, 9.17) is 19.9 Å². The SMILES string of the molecule is CCCc1[nH]nc2c1[C@@H](c1cccc(OC)c1OCc1ccc(Br)cc1)C(C#N)=C(N)O2. The van der Waals surface area contributed by atoms with E-state index in [2.05, 4.69) is 39.1 Å². The summed E-state index contributed by atoms with van der Waals surface area (Å²) in [6.07, 6.45) is 1.67. The van der Waals surface area contributed by atoms with Crippen molar-refractivity contribution in [1.82, 2.24) is 10.2 Å². The second kappa shape index (κ2) is 9.37. The van der Waals surface area contributed by atoms with Gasteiger partial charge in [0.25, 0.3) is 0 Å². The number of H-pyrrole nitrogens is 1. The van der Waals surface area contributed by atoms with E-state index in [9.17, 15) is 5.26 Å². The van der Waals surface area contributed by atoms with E-state index in [1.54, 1.807) is 7.11 Å². The van der Waals surface area contributed by atoms with Crippen molar-refractivity contribution in [2.45, 2.75) is 32.3 Å². The van der Waals surface area contributed by atoms with Crippen molar-refractivity contribution < 1.29 is 14.2 Å². The molecule has 1 aliphatic rings. The lowest BCUT2D eigenvalue weighted by atomic mass is 9.83. The van der Waals surface area contributed by atoms with Crippen LogP contribution in [-0.4, -0.2) is 17.3 Å². The molecule has 32 heavy (non-hydrogen) atoms. The summed E-state index contributed by atoms with van der Waals surface area (Å²) in [4.78, 5) is 0. The number of ether oxygens (including phenoxy) is 3. The average Bonchev–Trinajstić information content (AvgIpc) is 3.19. The summed E-state index contributed by atoms with van der Waals surface area (Å²) in [6, 6.07) is 15.8. The highest BCUT2D eigenvalue weighted by Gasteiger charge is 2.37. The van der Waals surface area contributed by atoms with Crippen molar-refractivity contribution in [2.24, 2.45) is 5.73 Å². The number of aryl methyl sites for hydroxylation is 1. The number of fused-ring (bicyclic) bond motifs is 1. The van der Waals surface area contributed by atoms with E-state index in [0.29, 0.717) is 29.6 Å².